The lowest BCUT2D eigenvalue weighted by molar-refractivity contribution is -0.143. The Hall–Kier alpha value is -1.35. The molecule has 0 heterocycles. The zero-order valence-electron chi connectivity index (χ0n) is 11.4. The number of carbonyl (C=O) groups excluding carboxylic acids is 1. The predicted octanol–water partition coefficient (Wildman–Crippen LogP) is 2.83. The normalized spacial score (nSPS) is 12.4. The van der Waals surface area contributed by atoms with Gasteiger partial charge < -0.3 is 9.47 Å². The van der Waals surface area contributed by atoms with E-state index in [9.17, 15) is 4.79 Å². The van der Waals surface area contributed by atoms with Crippen LogP contribution in [0.3, 0.4) is 0 Å². The predicted molar refractivity (Wildman–Crippen MR) is 71.4 cm³/mol. The molecule has 0 aliphatic rings. The molecule has 3 nitrogen and oxygen atoms in total. The molecular weight excluding hydrogens is 228 g/mol. The fourth-order valence-electron chi connectivity index (χ4n) is 1.68. The van der Waals surface area contributed by atoms with Crippen LogP contribution in [0.1, 0.15) is 26.3 Å². The lowest BCUT2D eigenvalue weighted by Gasteiger charge is -2.18. The van der Waals surface area contributed by atoms with E-state index in [2.05, 4.69) is 12.1 Å². The first-order chi connectivity index (χ1) is 8.58. The van der Waals surface area contributed by atoms with Crippen molar-refractivity contribution in [2.24, 2.45) is 5.92 Å². The van der Waals surface area contributed by atoms with Crippen LogP contribution < -0.4 is 0 Å². The quantitative estimate of drug-likeness (QED) is 0.698. The highest BCUT2D eigenvalue weighted by Gasteiger charge is 2.13. The maximum atomic E-state index is 10.9. The van der Waals surface area contributed by atoms with Crippen molar-refractivity contribution in [2.75, 3.05) is 13.2 Å². The number of ether oxygens (including phenoxy) is 2. The van der Waals surface area contributed by atoms with Gasteiger partial charge in [0, 0.05) is 12.8 Å². The van der Waals surface area contributed by atoms with Gasteiger partial charge in [-0.05, 0) is 25.8 Å². The minimum absolute atomic E-state index is 0.195. The van der Waals surface area contributed by atoms with Crippen molar-refractivity contribution >= 4 is 5.97 Å². The summed E-state index contributed by atoms with van der Waals surface area (Å²) in [5.41, 5.74) is 1.24. The fraction of sp³-hybridized carbons (Fsp3) is 0.533. The van der Waals surface area contributed by atoms with E-state index in [0.29, 0.717) is 13.2 Å². The SMILES string of the molecule is CC(=O)OCC(COC(C)C)Cc1ccccc1. The van der Waals surface area contributed by atoms with Gasteiger partial charge in [0.05, 0.1) is 19.3 Å². The van der Waals surface area contributed by atoms with Crippen molar-refractivity contribution in [3.8, 4) is 0 Å². The molecule has 1 aromatic rings. The highest BCUT2D eigenvalue weighted by Crippen LogP contribution is 2.11. The third kappa shape index (κ3) is 6.40. The van der Waals surface area contributed by atoms with Crippen LogP contribution in [-0.2, 0) is 20.7 Å². The Kier molecular flexibility index (Phi) is 6.44. The second-order valence-corrected chi connectivity index (χ2v) is 4.74. The van der Waals surface area contributed by atoms with Gasteiger partial charge in [-0.1, -0.05) is 30.3 Å². The number of esters is 1. The first-order valence-corrected chi connectivity index (χ1v) is 6.36. The summed E-state index contributed by atoms with van der Waals surface area (Å²) in [7, 11) is 0. The smallest absolute Gasteiger partial charge is 0.302 e. The van der Waals surface area contributed by atoms with Crippen molar-refractivity contribution in [3.63, 3.8) is 0 Å². The molecule has 1 aromatic carbocycles. The summed E-state index contributed by atoms with van der Waals surface area (Å²) in [5, 5.41) is 0. The summed E-state index contributed by atoms with van der Waals surface area (Å²) in [4.78, 5) is 10.9. The number of carbonyl (C=O) groups is 1. The molecule has 0 bridgehead atoms. The van der Waals surface area contributed by atoms with Crippen LogP contribution in [0, 0.1) is 5.92 Å². The van der Waals surface area contributed by atoms with Gasteiger partial charge in [0.25, 0.3) is 0 Å². The molecule has 0 aliphatic heterocycles. The second-order valence-electron chi connectivity index (χ2n) is 4.74. The summed E-state index contributed by atoms with van der Waals surface area (Å²) in [6.45, 7) is 6.47. The minimum atomic E-state index is -0.238. The molecule has 1 unspecified atom stereocenters. The summed E-state index contributed by atoms with van der Waals surface area (Å²) in [6.07, 6.45) is 1.06. The highest BCUT2D eigenvalue weighted by molar-refractivity contribution is 5.65. The first-order valence-electron chi connectivity index (χ1n) is 6.36. The van der Waals surface area contributed by atoms with E-state index < -0.39 is 0 Å². The summed E-state index contributed by atoms with van der Waals surface area (Å²) in [6, 6.07) is 10.2. The van der Waals surface area contributed by atoms with Crippen LogP contribution >= 0.6 is 0 Å². The molecule has 0 aromatic heterocycles. The van der Waals surface area contributed by atoms with Crippen LogP contribution in [0.25, 0.3) is 0 Å². The number of hydrogen-bond donors (Lipinski definition) is 0. The van der Waals surface area contributed by atoms with Gasteiger partial charge in [-0.25, -0.2) is 0 Å². The van der Waals surface area contributed by atoms with Crippen molar-refractivity contribution in [3.05, 3.63) is 35.9 Å². The molecule has 1 atom stereocenters. The Bertz CT molecular complexity index is 346. The lowest BCUT2D eigenvalue weighted by Crippen LogP contribution is -2.22. The van der Waals surface area contributed by atoms with E-state index in [1.807, 2.05) is 32.0 Å². The molecule has 0 saturated carbocycles. The third-order valence-electron chi connectivity index (χ3n) is 2.55. The van der Waals surface area contributed by atoms with Gasteiger partial charge in [0.1, 0.15) is 0 Å². The number of rotatable bonds is 7. The Morgan fingerprint density at radius 1 is 1.17 bits per heavy atom. The summed E-state index contributed by atoms with van der Waals surface area (Å²) >= 11 is 0. The maximum Gasteiger partial charge on any atom is 0.302 e. The van der Waals surface area contributed by atoms with E-state index in [1.54, 1.807) is 0 Å². The van der Waals surface area contributed by atoms with E-state index in [0.717, 1.165) is 6.42 Å². The highest BCUT2D eigenvalue weighted by atomic mass is 16.5. The zero-order valence-corrected chi connectivity index (χ0v) is 11.4. The third-order valence-corrected chi connectivity index (χ3v) is 2.55. The molecule has 1 rings (SSSR count). The topological polar surface area (TPSA) is 35.5 Å². The van der Waals surface area contributed by atoms with Crippen LogP contribution in [0.5, 0.6) is 0 Å². The summed E-state index contributed by atoms with van der Waals surface area (Å²) in [5.74, 6) is -0.0312. The fourth-order valence-corrected chi connectivity index (χ4v) is 1.68. The van der Waals surface area contributed by atoms with E-state index in [4.69, 9.17) is 9.47 Å². The van der Waals surface area contributed by atoms with Crippen molar-refractivity contribution < 1.29 is 14.3 Å². The molecule has 18 heavy (non-hydrogen) atoms. The minimum Gasteiger partial charge on any atom is -0.465 e. The second kappa shape index (κ2) is 7.88. The Morgan fingerprint density at radius 3 is 2.39 bits per heavy atom. The van der Waals surface area contributed by atoms with Gasteiger partial charge in [-0.3, -0.25) is 4.79 Å². The van der Waals surface area contributed by atoms with E-state index >= 15 is 0 Å². The molecule has 0 fully saturated rings. The van der Waals surface area contributed by atoms with Crippen LogP contribution in [0.15, 0.2) is 30.3 Å². The van der Waals surface area contributed by atoms with E-state index in [1.165, 1.54) is 12.5 Å². The maximum absolute atomic E-state index is 10.9. The first kappa shape index (κ1) is 14.7. The van der Waals surface area contributed by atoms with Gasteiger partial charge in [0.15, 0.2) is 0 Å². The molecule has 0 amide bonds. The van der Waals surface area contributed by atoms with Crippen molar-refractivity contribution in [1.82, 2.24) is 0 Å². The average molecular weight is 250 g/mol. The van der Waals surface area contributed by atoms with Crippen molar-refractivity contribution in [2.45, 2.75) is 33.3 Å². The zero-order chi connectivity index (χ0) is 13.4. The van der Waals surface area contributed by atoms with Crippen LogP contribution in [0.4, 0.5) is 0 Å². The van der Waals surface area contributed by atoms with Gasteiger partial charge in [-0.15, -0.1) is 0 Å². The molecule has 100 valence electrons. The molecular formula is C15H22O3. The number of benzene rings is 1. The Balaban J connectivity index is 2.50. The molecule has 0 radical (unpaired) electrons. The van der Waals surface area contributed by atoms with E-state index in [-0.39, 0.29) is 18.0 Å². The van der Waals surface area contributed by atoms with Crippen molar-refractivity contribution in [1.29, 1.82) is 0 Å². The molecule has 0 N–H and O–H groups in total. The van der Waals surface area contributed by atoms with Crippen LogP contribution in [0.2, 0.25) is 0 Å². The largest absolute Gasteiger partial charge is 0.465 e. The Morgan fingerprint density at radius 2 is 1.83 bits per heavy atom. The molecule has 0 saturated heterocycles. The molecule has 0 spiro atoms. The molecule has 0 aliphatic carbocycles. The van der Waals surface area contributed by atoms with Crippen LogP contribution in [-0.4, -0.2) is 25.3 Å². The number of hydrogen-bond acceptors (Lipinski definition) is 3. The average Bonchev–Trinajstić information content (AvgIpc) is 2.33. The van der Waals surface area contributed by atoms with Gasteiger partial charge >= 0.3 is 5.97 Å². The van der Waals surface area contributed by atoms with Gasteiger partial charge in [0.2, 0.25) is 0 Å². The molecule has 3 heteroatoms. The monoisotopic (exact) mass is 250 g/mol. The summed E-state index contributed by atoms with van der Waals surface area (Å²) < 4.78 is 10.7. The standard InChI is InChI=1S/C15H22O3/c1-12(2)17-10-15(11-18-13(3)16)9-14-7-5-4-6-8-14/h4-8,12,15H,9-11H2,1-3H3. The van der Waals surface area contributed by atoms with Gasteiger partial charge in [-0.2, -0.15) is 0 Å². The Labute approximate surface area is 109 Å². The lowest BCUT2D eigenvalue weighted by atomic mass is 10.0.